The van der Waals surface area contributed by atoms with Crippen LogP contribution in [0.2, 0.25) is 0 Å². The lowest BCUT2D eigenvalue weighted by Crippen LogP contribution is -1.88. The largest absolute Gasteiger partial charge is 0.206 e. The third-order valence-electron chi connectivity index (χ3n) is 4.15. The molecule has 0 atom stereocenters. The highest BCUT2D eigenvalue weighted by molar-refractivity contribution is 5.91. The molecular formula is C22H15F. The first-order valence-corrected chi connectivity index (χ1v) is 7.66. The Morgan fingerprint density at radius 1 is 0.478 bits per heavy atom. The summed E-state index contributed by atoms with van der Waals surface area (Å²) in [6, 6.07) is 29.5. The fourth-order valence-electron chi connectivity index (χ4n) is 3.01. The van der Waals surface area contributed by atoms with E-state index < -0.39 is 0 Å². The Bertz CT molecular complexity index is 986. The number of hydrogen-bond acceptors (Lipinski definition) is 0. The Kier molecular flexibility index (Phi) is 3.39. The molecule has 0 unspecified atom stereocenters. The van der Waals surface area contributed by atoms with E-state index in [4.69, 9.17) is 0 Å². The van der Waals surface area contributed by atoms with Crippen molar-refractivity contribution < 1.29 is 4.39 Å². The fraction of sp³-hybridized carbons (Fsp3) is 0. The van der Waals surface area contributed by atoms with Crippen LogP contribution in [0.3, 0.4) is 0 Å². The number of benzene rings is 4. The normalized spacial score (nSPS) is 10.8. The minimum absolute atomic E-state index is 0.194. The highest BCUT2D eigenvalue weighted by Gasteiger charge is 2.10. The summed E-state index contributed by atoms with van der Waals surface area (Å²) < 4.78 is 14.2. The van der Waals surface area contributed by atoms with Crippen LogP contribution in [0, 0.1) is 5.82 Å². The lowest BCUT2D eigenvalue weighted by atomic mass is 9.93. The fourth-order valence-corrected chi connectivity index (χ4v) is 3.01. The van der Waals surface area contributed by atoms with Crippen LogP contribution in [0.15, 0.2) is 91.0 Å². The van der Waals surface area contributed by atoms with Gasteiger partial charge in [-0.1, -0.05) is 78.9 Å². The van der Waals surface area contributed by atoms with Crippen molar-refractivity contribution in [1.82, 2.24) is 0 Å². The predicted octanol–water partition coefficient (Wildman–Crippen LogP) is 6.31. The van der Waals surface area contributed by atoms with Gasteiger partial charge in [0, 0.05) is 5.56 Å². The zero-order valence-electron chi connectivity index (χ0n) is 12.5. The maximum atomic E-state index is 14.2. The van der Waals surface area contributed by atoms with Crippen molar-refractivity contribution in [3.63, 3.8) is 0 Å². The summed E-state index contributed by atoms with van der Waals surface area (Å²) in [6.45, 7) is 0. The molecule has 0 N–H and O–H groups in total. The summed E-state index contributed by atoms with van der Waals surface area (Å²) >= 11 is 0. The summed E-state index contributed by atoms with van der Waals surface area (Å²) in [5, 5.41) is 2.40. The molecule has 0 aliphatic heterocycles. The van der Waals surface area contributed by atoms with Gasteiger partial charge in [-0.15, -0.1) is 0 Å². The van der Waals surface area contributed by atoms with Crippen LogP contribution in [0.1, 0.15) is 0 Å². The second-order valence-corrected chi connectivity index (χ2v) is 5.59. The number of hydrogen-bond donors (Lipinski definition) is 0. The van der Waals surface area contributed by atoms with Crippen molar-refractivity contribution in [1.29, 1.82) is 0 Å². The van der Waals surface area contributed by atoms with Crippen LogP contribution in [-0.4, -0.2) is 0 Å². The van der Waals surface area contributed by atoms with Gasteiger partial charge in [-0.3, -0.25) is 0 Å². The lowest BCUT2D eigenvalue weighted by Gasteiger charge is -2.11. The third kappa shape index (κ3) is 2.51. The predicted molar refractivity (Wildman–Crippen MR) is 94.8 cm³/mol. The molecule has 23 heavy (non-hydrogen) atoms. The quantitative estimate of drug-likeness (QED) is 0.406. The van der Waals surface area contributed by atoms with Crippen LogP contribution >= 0.6 is 0 Å². The molecule has 0 aliphatic carbocycles. The van der Waals surface area contributed by atoms with Gasteiger partial charge in [0.25, 0.3) is 0 Å². The number of rotatable bonds is 2. The van der Waals surface area contributed by atoms with E-state index >= 15 is 0 Å². The van der Waals surface area contributed by atoms with Crippen LogP contribution < -0.4 is 0 Å². The Morgan fingerprint density at radius 3 is 1.87 bits per heavy atom. The van der Waals surface area contributed by atoms with Crippen molar-refractivity contribution in [2.75, 3.05) is 0 Å². The van der Waals surface area contributed by atoms with Crippen LogP contribution in [0.25, 0.3) is 33.0 Å². The summed E-state index contributed by atoms with van der Waals surface area (Å²) in [5.41, 5.74) is 3.70. The van der Waals surface area contributed by atoms with Gasteiger partial charge < -0.3 is 0 Å². The second-order valence-electron chi connectivity index (χ2n) is 5.59. The Morgan fingerprint density at radius 2 is 1.09 bits per heavy atom. The maximum absolute atomic E-state index is 14.2. The zero-order chi connectivity index (χ0) is 15.6. The Labute approximate surface area is 134 Å². The molecule has 0 radical (unpaired) electrons. The molecule has 4 aromatic carbocycles. The smallest absolute Gasteiger partial charge is 0.131 e. The Balaban J connectivity index is 1.93. The lowest BCUT2D eigenvalue weighted by molar-refractivity contribution is 0.631. The van der Waals surface area contributed by atoms with E-state index in [2.05, 4.69) is 30.3 Å². The molecule has 0 bridgehead atoms. The number of fused-ring (bicyclic) bond motifs is 1. The summed E-state index contributed by atoms with van der Waals surface area (Å²) in [4.78, 5) is 0. The topological polar surface area (TPSA) is 0 Å². The van der Waals surface area contributed by atoms with Crippen molar-refractivity contribution in [2.24, 2.45) is 0 Å². The van der Waals surface area contributed by atoms with Gasteiger partial charge in [0.1, 0.15) is 5.82 Å². The van der Waals surface area contributed by atoms with Gasteiger partial charge in [0.15, 0.2) is 0 Å². The van der Waals surface area contributed by atoms with Gasteiger partial charge in [-0.05, 0) is 39.6 Å². The molecule has 0 fully saturated rings. The highest BCUT2D eigenvalue weighted by atomic mass is 19.1. The second kappa shape index (κ2) is 5.69. The van der Waals surface area contributed by atoms with Crippen molar-refractivity contribution in [2.45, 2.75) is 0 Å². The molecule has 4 aromatic rings. The molecular weight excluding hydrogens is 283 g/mol. The van der Waals surface area contributed by atoms with Gasteiger partial charge >= 0.3 is 0 Å². The maximum Gasteiger partial charge on any atom is 0.131 e. The van der Waals surface area contributed by atoms with E-state index in [0.29, 0.717) is 5.56 Å². The van der Waals surface area contributed by atoms with Crippen molar-refractivity contribution >= 4 is 10.8 Å². The van der Waals surface area contributed by atoms with E-state index in [1.54, 1.807) is 6.07 Å². The Hall–Kier alpha value is -2.93. The summed E-state index contributed by atoms with van der Waals surface area (Å²) in [5.74, 6) is -0.194. The van der Waals surface area contributed by atoms with Crippen molar-refractivity contribution in [3.8, 4) is 22.3 Å². The van der Waals surface area contributed by atoms with Crippen LogP contribution in [-0.2, 0) is 0 Å². The monoisotopic (exact) mass is 298 g/mol. The molecule has 0 amide bonds. The average Bonchev–Trinajstić information content (AvgIpc) is 2.62. The zero-order valence-corrected chi connectivity index (χ0v) is 12.5. The van der Waals surface area contributed by atoms with E-state index in [-0.39, 0.29) is 5.82 Å². The molecule has 0 saturated carbocycles. The first-order chi connectivity index (χ1) is 11.3. The molecule has 0 spiro atoms. The molecule has 0 saturated heterocycles. The molecule has 1 heteroatoms. The highest BCUT2D eigenvalue weighted by Crippen LogP contribution is 2.34. The van der Waals surface area contributed by atoms with Gasteiger partial charge in [0.05, 0.1) is 0 Å². The SMILES string of the molecule is Fc1ccccc1-c1ccccc1-c1ccc2ccccc2c1. The standard InChI is InChI=1S/C22H15F/c23-22-12-6-5-11-21(22)20-10-4-3-9-19(20)18-14-13-16-7-1-2-8-17(16)15-18/h1-15H. The van der Waals surface area contributed by atoms with Crippen molar-refractivity contribution in [3.05, 3.63) is 96.8 Å². The molecule has 4 rings (SSSR count). The number of halogens is 1. The van der Waals surface area contributed by atoms with Gasteiger partial charge in [-0.25, -0.2) is 4.39 Å². The minimum Gasteiger partial charge on any atom is -0.206 e. The molecule has 110 valence electrons. The summed E-state index contributed by atoms with van der Waals surface area (Å²) in [7, 11) is 0. The molecule has 0 nitrogen and oxygen atoms in total. The molecule has 0 aromatic heterocycles. The van der Waals surface area contributed by atoms with Crippen LogP contribution in [0.4, 0.5) is 4.39 Å². The van der Waals surface area contributed by atoms with Gasteiger partial charge in [-0.2, -0.15) is 0 Å². The third-order valence-corrected chi connectivity index (χ3v) is 4.15. The first-order valence-electron chi connectivity index (χ1n) is 7.66. The van der Waals surface area contributed by atoms with Gasteiger partial charge in [0.2, 0.25) is 0 Å². The van der Waals surface area contributed by atoms with E-state index in [0.717, 1.165) is 16.7 Å². The van der Waals surface area contributed by atoms with E-state index in [1.165, 1.54) is 16.8 Å². The first kappa shape index (κ1) is 13.7. The van der Waals surface area contributed by atoms with E-state index in [1.807, 2.05) is 48.5 Å². The molecule has 0 heterocycles. The minimum atomic E-state index is -0.194. The summed E-state index contributed by atoms with van der Waals surface area (Å²) in [6.07, 6.45) is 0. The average molecular weight is 298 g/mol. The van der Waals surface area contributed by atoms with Crippen LogP contribution in [0.5, 0.6) is 0 Å². The molecule has 0 aliphatic rings. The van der Waals surface area contributed by atoms with E-state index in [9.17, 15) is 4.39 Å².